The summed E-state index contributed by atoms with van der Waals surface area (Å²) in [4.78, 5) is 5.20. The lowest BCUT2D eigenvalue weighted by Gasteiger charge is -2.22. The molecule has 8 aromatic rings. The zero-order valence-electron chi connectivity index (χ0n) is 26.1. The molecular formula is C46H30S2. The van der Waals surface area contributed by atoms with Crippen molar-refractivity contribution in [3.8, 4) is 43.1 Å². The molecule has 0 N–H and O–H groups in total. The van der Waals surface area contributed by atoms with Gasteiger partial charge >= 0.3 is 0 Å². The van der Waals surface area contributed by atoms with E-state index in [1.807, 2.05) is 22.3 Å². The van der Waals surface area contributed by atoms with Crippen molar-refractivity contribution < 1.29 is 0 Å². The minimum Gasteiger partial charge on any atom is -0.134 e. The Bertz CT molecular complexity index is 2300. The molecule has 0 saturated carbocycles. The van der Waals surface area contributed by atoms with Crippen LogP contribution in [-0.4, -0.2) is 9.73 Å². The molecule has 0 amide bonds. The second-order valence-electron chi connectivity index (χ2n) is 12.0. The standard InChI is InChI=1S/C46H30S2/c1-7-19-31(20-8-1)37-39-41(45(35-27-15-5-16-28-35)47-43(39)33-23-11-3-12-24-33)38(32-21-9-2-10-22-32)42-40(37)44(34-25-13-4-14-26-34)48-46(42)36-29-17-6-18-30-36/h1-30H. The second kappa shape index (κ2) is 12.2. The van der Waals surface area contributed by atoms with Crippen LogP contribution in [0.3, 0.4) is 0 Å². The first-order valence-corrected chi connectivity index (χ1v) is 17.9. The monoisotopic (exact) mass is 646 g/mol. The lowest BCUT2D eigenvalue weighted by Crippen LogP contribution is -2.10. The highest BCUT2D eigenvalue weighted by Crippen LogP contribution is 2.55. The van der Waals surface area contributed by atoms with Crippen LogP contribution in [0.5, 0.6) is 0 Å². The maximum atomic E-state index is 2.29. The molecule has 0 unspecified atom stereocenters. The summed E-state index contributed by atoms with van der Waals surface area (Å²) in [5.41, 5.74) is 12.7. The van der Waals surface area contributed by atoms with Gasteiger partial charge in [0.25, 0.3) is 0 Å². The molecule has 0 atom stereocenters. The lowest BCUT2D eigenvalue weighted by molar-refractivity contribution is 1.57. The number of hydrogen-bond acceptors (Lipinski definition) is 1. The molecule has 2 heteroatoms. The van der Waals surface area contributed by atoms with Gasteiger partial charge < -0.3 is 0 Å². The van der Waals surface area contributed by atoms with Gasteiger partial charge in [-0.05, 0) is 33.4 Å². The van der Waals surface area contributed by atoms with E-state index in [9.17, 15) is 0 Å². The average molecular weight is 647 g/mol. The van der Waals surface area contributed by atoms with Crippen molar-refractivity contribution in [1.82, 2.24) is 0 Å². The fourth-order valence-corrected chi connectivity index (χ4v) is 9.67. The highest BCUT2D eigenvalue weighted by molar-refractivity contribution is 8.00. The Hall–Kier alpha value is -5.54. The van der Waals surface area contributed by atoms with Crippen LogP contribution in [0, 0.1) is 0 Å². The molecule has 1 aliphatic rings. The maximum Gasteiger partial charge on any atom is 0.0434 e. The van der Waals surface area contributed by atoms with E-state index in [1.165, 1.54) is 85.9 Å². The molecule has 0 aliphatic carbocycles. The van der Waals surface area contributed by atoms with Crippen LogP contribution >= 0.6 is 22.3 Å². The van der Waals surface area contributed by atoms with Crippen molar-refractivity contribution in [2.24, 2.45) is 0 Å². The molecule has 1 aliphatic heterocycles. The summed E-state index contributed by atoms with van der Waals surface area (Å²) in [7, 11) is 1.92. The third-order valence-electron chi connectivity index (χ3n) is 9.09. The van der Waals surface area contributed by atoms with Crippen LogP contribution in [0.25, 0.3) is 53.9 Å². The Morgan fingerprint density at radius 2 is 0.521 bits per heavy atom. The van der Waals surface area contributed by atoms with E-state index in [-0.39, 0.29) is 0 Å². The summed E-state index contributed by atoms with van der Waals surface area (Å²) in [5, 5.41) is 2.63. The van der Waals surface area contributed by atoms with Crippen LogP contribution in [0.15, 0.2) is 182 Å². The third-order valence-corrected chi connectivity index (χ3v) is 11.7. The molecule has 9 rings (SSSR count). The smallest absolute Gasteiger partial charge is 0.0434 e. The SMILES string of the molecule is c1ccc(C2=S=C(c3ccccc3)c3c2c(-c2ccccc2)c2c(-c4ccccc4)sc(-c4ccccc4)c2c3-c2ccccc2)cc1. The van der Waals surface area contributed by atoms with Crippen LogP contribution in [0.4, 0.5) is 0 Å². The first kappa shape index (κ1) is 28.7. The highest BCUT2D eigenvalue weighted by atomic mass is 32.1. The molecule has 2 heterocycles. The molecule has 7 aromatic carbocycles. The first-order chi connectivity index (χ1) is 23.9. The van der Waals surface area contributed by atoms with Gasteiger partial charge in [0.15, 0.2) is 0 Å². The summed E-state index contributed by atoms with van der Waals surface area (Å²) >= 11 is 1.92. The van der Waals surface area contributed by atoms with E-state index in [0.29, 0.717) is 0 Å². The fourth-order valence-electron chi connectivity index (χ4n) is 7.02. The zero-order chi connectivity index (χ0) is 31.9. The van der Waals surface area contributed by atoms with Crippen LogP contribution < -0.4 is 0 Å². The first-order valence-electron chi connectivity index (χ1n) is 16.3. The number of thiophene rings is 1. The molecular weight excluding hydrogens is 617 g/mol. The molecule has 226 valence electrons. The van der Waals surface area contributed by atoms with Gasteiger partial charge in [0.1, 0.15) is 0 Å². The zero-order valence-corrected chi connectivity index (χ0v) is 27.8. The van der Waals surface area contributed by atoms with Crippen molar-refractivity contribution in [3.63, 3.8) is 0 Å². The van der Waals surface area contributed by atoms with E-state index < -0.39 is 0 Å². The molecule has 1 aromatic heterocycles. The quantitative estimate of drug-likeness (QED) is 0.158. The topological polar surface area (TPSA) is 0 Å². The van der Waals surface area contributed by atoms with E-state index in [1.54, 1.807) is 0 Å². The molecule has 0 saturated heterocycles. The van der Waals surface area contributed by atoms with E-state index >= 15 is 0 Å². The van der Waals surface area contributed by atoms with Crippen LogP contribution in [0.2, 0.25) is 0 Å². The van der Waals surface area contributed by atoms with Crippen molar-refractivity contribution in [3.05, 3.63) is 204 Å². The molecule has 0 radical (unpaired) electrons. The summed E-state index contributed by atoms with van der Waals surface area (Å²) in [6.45, 7) is 0. The van der Waals surface area contributed by atoms with Crippen molar-refractivity contribution >= 4 is 42.8 Å². The van der Waals surface area contributed by atoms with E-state index in [4.69, 9.17) is 0 Å². The van der Waals surface area contributed by atoms with Crippen LogP contribution in [0.1, 0.15) is 22.3 Å². The van der Waals surface area contributed by atoms with Crippen molar-refractivity contribution in [2.75, 3.05) is 0 Å². The highest BCUT2D eigenvalue weighted by Gasteiger charge is 2.34. The number of rotatable bonds is 6. The number of benzene rings is 7. The minimum absolute atomic E-state index is 1.23. The Labute approximate surface area is 288 Å². The van der Waals surface area contributed by atoms with Gasteiger partial charge in [-0.1, -0.05) is 182 Å². The Kier molecular flexibility index (Phi) is 7.31. The minimum atomic E-state index is 1.23. The molecule has 48 heavy (non-hydrogen) atoms. The Morgan fingerprint density at radius 3 is 0.833 bits per heavy atom. The lowest BCUT2D eigenvalue weighted by atomic mass is 9.79. The van der Waals surface area contributed by atoms with Gasteiger partial charge in [0, 0.05) is 52.5 Å². The van der Waals surface area contributed by atoms with Crippen molar-refractivity contribution in [2.45, 2.75) is 0 Å². The van der Waals surface area contributed by atoms with Gasteiger partial charge in [-0.25, -0.2) is 0 Å². The predicted molar refractivity (Wildman–Crippen MR) is 210 cm³/mol. The van der Waals surface area contributed by atoms with Gasteiger partial charge in [-0.15, -0.1) is 22.3 Å². The van der Waals surface area contributed by atoms with Gasteiger partial charge in [-0.3, -0.25) is 0 Å². The van der Waals surface area contributed by atoms with Gasteiger partial charge in [0.05, 0.1) is 0 Å². The van der Waals surface area contributed by atoms with Crippen molar-refractivity contribution in [1.29, 1.82) is 0 Å². The summed E-state index contributed by atoms with van der Waals surface area (Å²) in [6.07, 6.45) is 0. The number of hydrogen-bond donors (Lipinski definition) is 0. The maximum absolute atomic E-state index is 2.29. The van der Waals surface area contributed by atoms with E-state index in [2.05, 4.69) is 182 Å². The number of fused-ring (bicyclic) bond motifs is 2. The largest absolute Gasteiger partial charge is 0.134 e. The molecule has 0 bridgehead atoms. The fraction of sp³-hybridized carbons (Fsp3) is 0. The normalized spacial score (nSPS) is 12.2. The Balaban J connectivity index is 1.57. The summed E-state index contributed by atoms with van der Waals surface area (Å²) in [5.74, 6) is 0. The van der Waals surface area contributed by atoms with E-state index in [0.717, 1.165) is 0 Å². The molecule has 0 spiro atoms. The summed E-state index contributed by atoms with van der Waals surface area (Å²) < 4.78 is 0. The Morgan fingerprint density at radius 1 is 0.250 bits per heavy atom. The van der Waals surface area contributed by atoms with Gasteiger partial charge in [0.2, 0.25) is 0 Å². The van der Waals surface area contributed by atoms with Crippen LogP contribution in [-0.2, 0) is 0 Å². The average Bonchev–Trinajstić information content (AvgIpc) is 3.76. The third kappa shape index (κ3) is 4.81. The van der Waals surface area contributed by atoms with Gasteiger partial charge in [-0.2, -0.15) is 0 Å². The second-order valence-corrected chi connectivity index (χ2v) is 14.0. The molecule has 0 nitrogen and oxygen atoms in total. The summed E-state index contributed by atoms with van der Waals surface area (Å²) in [6, 6.07) is 66.0. The predicted octanol–water partition coefficient (Wildman–Crippen LogP) is 12.5. The molecule has 0 fully saturated rings.